The highest BCUT2D eigenvalue weighted by Gasteiger charge is 2.31. The summed E-state index contributed by atoms with van der Waals surface area (Å²) in [6.45, 7) is 4.70. The Labute approximate surface area is 243 Å². The van der Waals surface area contributed by atoms with Crippen molar-refractivity contribution < 1.29 is 28.5 Å². The van der Waals surface area contributed by atoms with E-state index in [4.69, 9.17) is 30.1 Å². The molecule has 11 heteroatoms. The van der Waals surface area contributed by atoms with Gasteiger partial charge in [0.05, 0.1) is 43.6 Å². The molecule has 0 aliphatic carbocycles. The smallest absolute Gasteiger partial charge is 0.337 e. The molecule has 9 nitrogen and oxygen atoms in total. The van der Waals surface area contributed by atoms with Crippen LogP contribution >= 0.6 is 27.3 Å². The number of benzene rings is 2. The quantitative estimate of drug-likeness (QED) is 0.251. The van der Waals surface area contributed by atoms with Crippen LogP contribution in [0.5, 0.6) is 23.0 Å². The molecule has 2 aromatic carbocycles. The van der Waals surface area contributed by atoms with Crippen molar-refractivity contribution >= 4 is 39.3 Å². The third kappa shape index (κ3) is 5.78. The summed E-state index contributed by atoms with van der Waals surface area (Å²) >= 11 is 4.74. The van der Waals surface area contributed by atoms with Gasteiger partial charge in [0.2, 0.25) is 0 Å². The van der Waals surface area contributed by atoms with Crippen LogP contribution in [0.3, 0.4) is 0 Å². The average Bonchev–Trinajstić information content (AvgIpc) is 3.28. The van der Waals surface area contributed by atoms with E-state index >= 15 is 0 Å². The van der Waals surface area contributed by atoms with Crippen LogP contribution in [-0.4, -0.2) is 44.6 Å². The number of nitrogens with zero attached hydrogens (tertiary/aromatic N) is 2. The van der Waals surface area contributed by atoms with E-state index in [2.05, 4.69) is 26.8 Å². The van der Waals surface area contributed by atoms with Crippen molar-refractivity contribution in [2.24, 2.45) is 4.99 Å². The fourth-order valence-corrected chi connectivity index (χ4v) is 5.58. The highest BCUT2D eigenvalue weighted by Crippen LogP contribution is 2.36. The normalized spacial score (nSPS) is 14.3. The number of ether oxygens (including phenoxy) is 5. The maximum Gasteiger partial charge on any atom is 0.337 e. The molecule has 0 bridgehead atoms. The topological polar surface area (TPSA) is 97.6 Å². The molecule has 0 saturated heterocycles. The number of hydrogen-bond donors (Lipinski definition) is 0. The Morgan fingerprint density at radius 3 is 2.50 bits per heavy atom. The molecule has 0 amide bonds. The number of terminal acetylenes is 1. The van der Waals surface area contributed by atoms with Crippen LogP contribution < -0.4 is 33.8 Å². The van der Waals surface area contributed by atoms with E-state index in [1.165, 1.54) is 36.3 Å². The largest absolute Gasteiger partial charge is 0.493 e. The first kappa shape index (κ1) is 29.0. The van der Waals surface area contributed by atoms with Gasteiger partial charge >= 0.3 is 5.97 Å². The molecule has 1 aromatic heterocycles. The number of methoxy groups -OCH3 is 2. The van der Waals surface area contributed by atoms with Crippen molar-refractivity contribution in [2.75, 3.05) is 34.0 Å². The van der Waals surface area contributed by atoms with Gasteiger partial charge < -0.3 is 23.7 Å². The summed E-state index contributed by atoms with van der Waals surface area (Å²) in [5.41, 5.74) is 1.21. The minimum absolute atomic E-state index is 0.0832. The number of hydrogen-bond acceptors (Lipinski definition) is 9. The van der Waals surface area contributed by atoms with Crippen molar-refractivity contribution in [3.05, 3.63) is 77.4 Å². The molecule has 0 radical (unpaired) electrons. The number of esters is 1. The second-order valence-corrected chi connectivity index (χ2v) is 10.1. The van der Waals surface area contributed by atoms with Gasteiger partial charge in [-0.15, -0.1) is 6.42 Å². The fraction of sp³-hybridized carbons (Fsp3) is 0.276. The molecule has 3 aromatic rings. The average molecular weight is 628 g/mol. The lowest BCUT2D eigenvalue weighted by Gasteiger charge is -2.23. The second kappa shape index (κ2) is 12.9. The van der Waals surface area contributed by atoms with Crippen molar-refractivity contribution in [1.82, 2.24) is 4.57 Å². The minimum atomic E-state index is -0.793. The molecule has 1 aliphatic rings. The molecule has 0 unspecified atom stereocenters. The van der Waals surface area contributed by atoms with E-state index in [9.17, 15) is 9.59 Å². The van der Waals surface area contributed by atoms with Gasteiger partial charge in [0.25, 0.3) is 5.56 Å². The Kier molecular flexibility index (Phi) is 9.34. The van der Waals surface area contributed by atoms with Crippen LogP contribution in [-0.2, 0) is 9.53 Å². The van der Waals surface area contributed by atoms with Gasteiger partial charge in [0.15, 0.2) is 27.8 Å². The Morgan fingerprint density at radius 2 is 1.82 bits per heavy atom. The number of thiazole rings is 1. The molecule has 4 rings (SSSR count). The summed E-state index contributed by atoms with van der Waals surface area (Å²) in [5.74, 6) is 3.83. The SMILES string of the molecule is C#CCOc1cc(Br)c(/C=c2\sc3n(c2=O)[C@H](c2ccc(OCC)c(OCC)c2)C(C(=O)OC)=CN=3)cc1OC. The van der Waals surface area contributed by atoms with E-state index in [0.717, 1.165) is 0 Å². The molecule has 40 heavy (non-hydrogen) atoms. The molecule has 0 N–H and O–H groups in total. The highest BCUT2D eigenvalue weighted by molar-refractivity contribution is 9.10. The number of carbonyl (C=O) groups is 1. The van der Waals surface area contributed by atoms with E-state index in [-0.39, 0.29) is 17.7 Å². The van der Waals surface area contributed by atoms with E-state index in [1.54, 1.807) is 36.4 Å². The predicted molar refractivity (Wildman–Crippen MR) is 155 cm³/mol. The van der Waals surface area contributed by atoms with Crippen LogP contribution in [0.25, 0.3) is 6.08 Å². The number of halogens is 1. The summed E-state index contributed by atoms with van der Waals surface area (Å²) < 4.78 is 30.1. The standard InChI is InChI=1S/C29H27BrN2O7S/c1-6-11-39-24-15-20(30)18(13-22(24)35-4)14-25-27(33)32-26(19(28(34)36-5)16-31-29(32)40-25)17-9-10-21(37-7-2)23(12-17)38-8-3/h1,9-10,12-16,26H,7-8,11H2,2-5H3/b25-14-/t26-/m1/s1. The van der Waals surface area contributed by atoms with Crippen LogP contribution in [0, 0.1) is 12.3 Å². The zero-order chi connectivity index (χ0) is 28.8. The maximum absolute atomic E-state index is 13.9. The summed E-state index contributed by atoms with van der Waals surface area (Å²) in [7, 11) is 2.81. The monoisotopic (exact) mass is 626 g/mol. The van der Waals surface area contributed by atoms with E-state index in [1.807, 2.05) is 13.8 Å². The first-order chi connectivity index (χ1) is 19.4. The fourth-order valence-electron chi connectivity index (χ4n) is 4.18. The third-order valence-corrected chi connectivity index (χ3v) is 7.57. The van der Waals surface area contributed by atoms with Crippen LogP contribution in [0.2, 0.25) is 0 Å². The van der Waals surface area contributed by atoms with Gasteiger partial charge in [-0.05, 0) is 55.3 Å². The van der Waals surface area contributed by atoms with Crippen LogP contribution in [0.15, 0.2) is 56.4 Å². The maximum atomic E-state index is 13.9. The second-order valence-electron chi connectivity index (χ2n) is 8.27. The molecule has 0 spiro atoms. The number of carbonyl (C=O) groups excluding carboxylic acids is 1. The number of fused-ring (bicyclic) bond motifs is 1. The first-order valence-electron chi connectivity index (χ1n) is 12.3. The van der Waals surface area contributed by atoms with Gasteiger partial charge in [-0.3, -0.25) is 9.36 Å². The van der Waals surface area contributed by atoms with Crippen LogP contribution in [0.4, 0.5) is 0 Å². The number of aromatic nitrogens is 1. The van der Waals surface area contributed by atoms with Crippen molar-refractivity contribution in [2.45, 2.75) is 19.9 Å². The van der Waals surface area contributed by atoms with E-state index < -0.39 is 12.0 Å². The molecule has 0 fully saturated rings. The Bertz CT molecular complexity index is 1680. The molecule has 208 valence electrons. The molecular weight excluding hydrogens is 600 g/mol. The lowest BCUT2D eigenvalue weighted by atomic mass is 9.97. The van der Waals surface area contributed by atoms with E-state index in [0.29, 0.717) is 61.1 Å². The lowest BCUT2D eigenvalue weighted by Crippen LogP contribution is -2.39. The molecule has 2 heterocycles. The minimum Gasteiger partial charge on any atom is -0.493 e. The van der Waals surface area contributed by atoms with Crippen molar-refractivity contribution in [3.8, 4) is 35.3 Å². The van der Waals surface area contributed by atoms with Gasteiger partial charge in [-0.2, -0.15) is 0 Å². The van der Waals surface area contributed by atoms with Crippen LogP contribution in [0.1, 0.15) is 31.0 Å². The summed E-state index contributed by atoms with van der Waals surface area (Å²) in [6.07, 6.45) is 8.48. The lowest BCUT2D eigenvalue weighted by molar-refractivity contribution is -0.136. The summed E-state index contributed by atoms with van der Waals surface area (Å²) in [6, 6.07) is 8.02. The molecule has 0 saturated carbocycles. The van der Waals surface area contributed by atoms with Crippen molar-refractivity contribution in [1.29, 1.82) is 0 Å². The zero-order valence-corrected chi connectivity index (χ0v) is 24.8. The Hall–Kier alpha value is -4.01. The summed E-state index contributed by atoms with van der Waals surface area (Å²) in [5, 5.41) is 0. The first-order valence-corrected chi connectivity index (χ1v) is 13.9. The Balaban J connectivity index is 1.88. The van der Waals surface area contributed by atoms with Gasteiger partial charge in [0.1, 0.15) is 6.61 Å². The van der Waals surface area contributed by atoms with Gasteiger partial charge in [-0.25, -0.2) is 9.79 Å². The number of rotatable bonds is 10. The highest BCUT2D eigenvalue weighted by atomic mass is 79.9. The molecular formula is C29H27BrN2O7S. The van der Waals surface area contributed by atoms with Crippen molar-refractivity contribution in [3.63, 3.8) is 0 Å². The Morgan fingerprint density at radius 1 is 1.10 bits per heavy atom. The van der Waals surface area contributed by atoms with Gasteiger partial charge in [0, 0.05) is 10.7 Å². The predicted octanol–water partition coefficient (Wildman–Crippen LogP) is 3.60. The summed E-state index contributed by atoms with van der Waals surface area (Å²) in [4.78, 5) is 31.5. The third-order valence-electron chi connectivity index (χ3n) is 5.89. The zero-order valence-electron chi connectivity index (χ0n) is 22.4. The molecule has 1 aliphatic heterocycles. The molecule has 1 atom stereocenters. The van der Waals surface area contributed by atoms with Gasteiger partial charge in [-0.1, -0.05) is 39.3 Å².